The van der Waals surface area contributed by atoms with Gasteiger partial charge in [-0.15, -0.1) is 0 Å². The minimum absolute atomic E-state index is 0.174. The number of ether oxygens (including phenoxy) is 4. The summed E-state index contributed by atoms with van der Waals surface area (Å²) in [4.78, 5) is 56.8. The van der Waals surface area contributed by atoms with Gasteiger partial charge in [-0.3, -0.25) is 19.2 Å². The van der Waals surface area contributed by atoms with Gasteiger partial charge in [-0.05, 0) is 172 Å². The van der Waals surface area contributed by atoms with Gasteiger partial charge in [0.25, 0.3) is 0 Å². The van der Waals surface area contributed by atoms with E-state index in [0.29, 0.717) is 49.3 Å². The SMILES string of the molecule is CC=CCCCCCCCCC(=O)N1CC(C)OC(C)C1.CC=CCCCCCCCCCC(=O)N1CC(C)OC(C)C1.CCCCCC=CCCCCCCCCC(=O)N1CC(C)OC(C)C1.CCCCCCCC=CCCCCCCCCC(=O)N1CC(C)OC(C)C1. The van der Waals surface area contributed by atoms with Crippen LogP contribution in [-0.4, -0.2) is 144 Å². The molecule has 0 bridgehead atoms. The fourth-order valence-corrected chi connectivity index (χ4v) is 13.5. The van der Waals surface area contributed by atoms with Gasteiger partial charge in [0.1, 0.15) is 0 Å². The van der Waals surface area contributed by atoms with Gasteiger partial charge >= 0.3 is 0 Å². The third-order valence-electron chi connectivity index (χ3n) is 18.6. The number of unbranched alkanes of at least 4 members (excludes halogenated alkanes) is 33. The molecule has 4 amide bonds. The summed E-state index contributed by atoms with van der Waals surface area (Å²) in [6, 6.07) is 0. The molecule has 4 aliphatic heterocycles. The van der Waals surface area contributed by atoms with Crippen LogP contribution in [0.4, 0.5) is 0 Å². The van der Waals surface area contributed by atoms with Crippen LogP contribution in [0.15, 0.2) is 48.6 Å². The molecule has 4 fully saturated rings. The molecule has 12 heteroatoms. The average Bonchev–Trinajstić information content (AvgIpc) is 1.26. The number of amides is 4. The number of morpholine rings is 4. The molecule has 0 aromatic rings. The van der Waals surface area contributed by atoms with Crippen LogP contribution in [0.3, 0.4) is 0 Å². The first-order valence-corrected chi connectivity index (χ1v) is 40.3. The van der Waals surface area contributed by atoms with Gasteiger partial charge in [0, 0.05) is 78.0 Å². The minimum atomic E-state index is 0.174. The van der Waals surface area contributed by atoms with E-state index in [1.54, 1.807) is 0 Å². The Labute approximate surface area is 587 Å². The summed E-state index contributed by atoms with van der Waals surface area (Å²) < 4.78 is 22.7. The highest BCUT2D eigenvalue weighted by molar-refractivity contribution is 5.77. The molecule has 0 aliphatic carbocycles. The number of hydrogen-bond acceptors (Lipinski definition) is 8. The second kappa shape index (κ2) is 62.9. The van der Waals surface area contributed by atoms with Crippen molar-refractivity contribution in [3.8, 4) is 0 Å². The molecule has 8 atom stereocenters. The van der Waals surface area contributed by atoms with E-state index in [2.05, 4.69) is 104 Å². The first-order valence-electron chi connectivity index (χ1n) is 40.3. The summed E-state index contributed by atoms with van der Waals surface area (Å²) in [5.74, 6) is 1.26. The van der Waals surface area contributed by atoms with Crippen LogP contribution < -0.4 is 0 Å². The Morgan fingerprint density at radius 1 is 0.253 bits per heavy atom. The number of nitrogens with zero attached hydrogens (tertiary/aromatic N) is 4. The quantitative estimate of drug-likeness (QED) is 0.0437. The van der Waals surface area contributed by atoms with Crippen molar-refractivity contribution in [3.05, 3.63) is 48.6 Å². The lowest BCUT2D eigenvalue weighted by Gasteiger charge is -2.35. The molecule has 4 heterocycles. The smallest absolute Gasteiger partial charge is 0.222 e. The normalized spacial score (nSPS) is 21.6. The molecule has 0 saturated carbocycles. The summed E-state index contributed by atoms with van der Waals surface area (Å²) in [7, 11) is 0. The van der Waals surface area contributed by atoms with Gasteiger partial charge in [0.15, 0.2) is 0 Å². The molecular weight excluding hydrogens is 1180 g/mol. The van der Waals surface area contributed by atoms with Crippen molar-refractivity contribution in [2.75, 3.05) is 52.4 Å². The second-order valence-electron chi connectivity index (χ2n) is 29.0. The molecule has 4 aliphatic rings. The summed E-state index contributed by atoms with van der Waals surface area (Å²) in [6.45, 7) is 31.2. The number of carbonyl (C=O) groups is 4. The van der Waals surface area contributed by atoms with E-state index in [0.717, 1.165) is 78.0 Å². The maximum atomic E-state index is 12.3. The summed E-state index contributed by atoms with van der Waals surface area (Å²) in [6.07, 6.45) is 71.9. The molecule has 95 heavy (non-hydrogen) atoms. The lowest BCUT2D eigenvalue weighted by atomic mass is 10.1. The van der Waals surface area contributed by atoms with Crippen molar-refractivity contribution in [1.29, 1.82) is 0 Å². The molecule has 8 unspecified atom stereocenters. The number of carbonyl (C=O) groups excluding carboxylic acids is 4. The van der Waals surface area contributed by atoms with Crippen LogP contribution >= 0.6 is 0 Å². The van der Waals surface area contributed by atoms with Crippen molar-refractivity contribution in [1.82, 2.24) is 19.6 Å². The van der Waals surface area contributed by atoms with Crippen molar-refractivity contribution in [2.45, 2.75) is 408 Å². The first kappa shape index (κ1) is 89.7. The summed E-state index contributed by atoms with van der Waals surface area (Å²) in [5, 5.41) is 0. The molecule has 0 radical (unpaired) electrons. The fourth-order valence-electron chi connectivity index (χ4n) is 13.5. The molecule has 0 aromatic heterocycles. The first-order chi connectivity index (χ1) is 46.0. The third kappa shape index (κ3) is 53.3. The van der Waals surface area contributed by atoms with E-state index in [4.69, 9.17) is 18.9 Å². The topological polar surface area (TPSA) is 118 Å². The van der Waals surface area contributed by atoms with E-state index in [9.17, 15) is 19.2 Å². The maximum absolute atomic E-state index is 12.3. The van der Waals surface area contributed by atoms with Gasteiger partial charge in [-0.1, -0.05) is 210 Å². The molecular formula is C83H154N4O8. The van der Waals surface area contributed by atoms with Crippen molar-refractivity contribution in [2.24, 2.45) is 0 Å². The lowest BCUT2D eigenvalue weighted by Crippen LogP contribution is -2.48. The highest BCUT2D eigenvalue weighted by Crippen LogP contribution is 2.20. The predicted molar refractivity (Wildman–Crippen MR) is 404 cm³/mol. The lowest BCUT2D eigenvalue weighted by molar-refractivity contribution is -0.143. The standard InChI is InChI=1S/C24H45NO2.C22H41NO2.C19H35NO2.C18H33NO2/c1-4-5-6-7-8-9-10-11-12-13-14-15-16-17-18-19-24(26)25-20-22(2)27-23(3)21-25;1-4-5-6-7-8-9-10-11-12-13-14-15-16-17-22(24)23-18-20(2)25-21(3)19-23;1-4-5-6-7-8-9-10-11-12-13-14-19(21)20-15-17(2)22-18(3)16-20;1-4-5-6-7-8-9-10-11-12-13-18(20)19-14-16(2)21-17(3)15-19/h10-11,22-23H,4-9,12-21H2,1-3H3;8-9,20-21H,4-7,10-19H2,1-3H3;4-5,17-18H,6-16H2,1-3H3;4-5,16-17H,6-15H2,1-3H3. The van der Waals surface area contributed by atoms with Crippen LogP contribution in [-0.2, 0) is 38.1 Å². The Morgan fingerprint density at radius 3 is 0.611 bits per heavy atom. The number of allylic oxidation sites excluding steroid dienone is 8. The van der Waals surface area contributed by atoms with Gasteiger partial charge < -0.3 is 38.5 Å². The highest BCUT2D eigenvalue weighted by Gasteiger charge is 2.29. The van der Waals surface area contributed by atoms with Crippen LogP contribution in [0.5, 0.6) is 0 Å². The molecule has 4 saturated heterocycles. The Kier molecular flexibility index (Phi) is 59.4. The number of rotatable bonds is 47. The zero-order chi connectivity index (χ0) is 69.8. The Bertz CT molecular complexity index is 1900. The Hall–Kier alpha value is -3.32. The van der Waals surface area contributed by atoms with Crippen LogP contribution in [0.1, 0.15) is 359 Å². The van der Waals surface area contributed by atoms with Crippen molar-refractivity contribution < 1.29 is 38.1 Å². The van der Waals surface area contributed by atoms with Gasteiger partial charge in [-0.2, -0.15) is 0 Å². The summed E-state index contributed by atoms with van der Waals surface area (Å²) in [5.41, 5.74) is 0. The largest absolute Gasteiger partial charge is 0.372 e. The van der Waals surface area contributed by atoms with Crippen LogP contribution in [0.2, 0.25) is 0 Å². The fraction of sp³-hybridized carbons (Fsp3) is 0.855. The van der Waals surface area contributed by atoms with Gasteiger partial charge in [0.05, 0.1) is 48.8 Å². The van der Waals surface area contributed by atoms with Crippen LogP contribution in [0.25, 0.3) is 0 Å². The second-order valence-corrected chi connectivity index (χ2v) is 29.0. The molecule has 0 aromatic carbocycles. The molecule has 554 valence electrons. The molecule has 0 N–H and O–H groups in total. The maximum Gasteiger partial charge on any atom is 0.222 e. The van der Waals surface area contributed by atoms with Crippen molar-refractivity contribution in [3.63, 3.8) is 0 Å². The van der Waals surface area contributed by atoms with Gasteiger partial charge in [-0.25, -0.2) is 0 Å². The van der Waals surface area contributed by atoms with E-state index in [1.165, 1.54) is 225 Å². The zero-order valence-electron chi connectivity index (χ0n) is 64.4. The number of hydrogen-bond donors (Lipinski definition) is 0. The Morgan fingerprint density at radius 2 is 0.411 bits per heavy atom. The zero-order valence-corrected chi connectivity index (χ0v) is 64.4. The van der Waals surface area contributed by atoms with Crippen molar-refractivity contribution >= 4 is 23.6 Å². The minimum Gasteiger partial charge on any atom is -0.372 e. The average molecular weight is 1340 g/mol. The molecule has 4 rings (SSSR count). The predicted octanol–water partition coefficient (Wildman–Crippen LogP) is 21.6. The monoisotopic (exact) mass is 1340 g/mol. The van der Waals surface area contributed by atoms with E-state index >= 15 is 0 Å². The molecule has 0 spiro atoms. The van der Waals surface area contributed by atoms with E-state index < -0.39 is 0 Å². The van der Waals surface area contributed by atoms with Crippen LogP contribution in [0, 0.1) is 0 Å². The Balaban J connectivity index is 0.000000636. The molecule has 12 nitrogen and oxygen atoms in total. The summed E-state index contributed by atoms with van der Waals surface area (Å²) >= 11 is 0. The van der Waals surface area contributed by atoms with E-state index in [1.807, 2.05) is 47.3 Å². The third-order valence-corrected chi connectivity index (χ3v) is 18.6. The van der Waals surface area contributed by atoms with E-state index in [-0.39, 0.29) is 48.8 Å². The van der Waals surface area contributed by atoms with Gasteiger partial charge in [0.2, 0.25) is 23.6 Å². The highest BCUT2D eigenvalue weighted by atomic mass is 16.5.